The van der Waals surface area contributed by atoms with Crippen molar-refractivity contribution < 1.29 is 4.21 Å². The first-order chi connectivity index (χ1) is 6.74. The van der Waals surface area contributed by atoms with Crippen molar-refractivity contribution in [2.24, 2.45) is 0 Å². The van der Waals surface area contributed by atoms with E-state index in [0.717, 1.165) is 18.0 Å². The third-order valence-corrected chi connectivity index (χ3v) is 3.82. The summed E-state index contributed by atoms with van der Waals surface area (Å²) in [5.74, 6) is 2.27. The fourth-order valence-electron chi connectivity index (χ4n) is 1.48. The molecule has 1 aromatic heterocycles. The number of nitrogens with zero attached hydrogens (tertiary/aromatic N) is 1. The van der Waals surface area contributed by atoms with Crippen molar-refractivity contribution in [2.45, 2.75) is 12.5 Å². The van der Waals surface area contributed by atoms with E-state index in [0.29, 0.717) is 10.9 Å². The van der Waals surface area contributed by atoms with Crippen LogP contribution in [0.3, 0.4) is 0 Å². The van der Waals surface area contributed by atoms with E-state index in [9.17, 15) is 4.21 Å². The van der Waals surface area contributed by atoms with Crippen LogP contribution in [0.5, 0.6) is 0 Å². The Morgan fingerprint density at radius 1 is 1.57 bits per heavy atom. The van der Waals surface area contributed by atoms with Gasteiger partial charge in [0.25, 0.3) is 0 Å². The van der Waals surface area contributed by atoms with Crippen molar-refractivity contribution in [3.05, 3.63) is 23.4 Å². The van der Waals surface area contributed by atoms with Crippen LogP contribution in [0, 0.1) is 0 Å². The summed E-state index contributed by atoms with van der Waals surface area (Å²) in [5.41, 5.74) is 0. The lowest BCUT2D eigenvalue weighted by Crippen LogP contribution is -2.19. The van der Waals surface area contributed by atoms with Crippen LogP contribution in [-0.2, 0) is 10.8 Å². The summed E-state index contributed by atoms with van der Waals surface area (Å²) in [4.78, 5) is 4.12. The highest BCUT2D eigenvalue weighted by Crippen LogP contribution is 2.15. The number of nitrogens with one attached hydrogen (secondary N) is 1. The first kappa shape index (κ1) is 9.93. The molecule has 1 saturated heterocycles. The zero-order chi connectivity index (χ0) is 9.97. The Labute approximate surface area is 90.3 Å². The number of hydrogen-bond acceptors (Lipinski definition) is 3. The van der Waals surface area contributed by atoms with Gasteiger partial charge >= 0.3 is 0 Å². The van der Waals surface area contributed by atoms with E-state index in [1.807, 2.05) is 12.1 Å². The summed E-state index contributed by atoms with van der Waals surface area (Å²) in [6.07, 6.45) is 0.945. The molecule has 0 spiro atoms. The topological polar surface area (TPSA) is 42.0 Å². The van der Waals surface area contributed by atoms with E-state index in [1.165, 1.54) is 0 Å². The number of hydrogen-bond donors (Lipinski definition) is 1. The van der Waals surface area contributed by atoms with Crippen molar-refractivity contribution in [1.29, 1.82) is 0 Å². The summed E-state index contributed by atoms with van der Waals surface area (Å²) in [5, 5.41) is 3.70. The van der Waals surface area contributed by atoms with Crippen LogP contribution in [0.25, 0.3) is 0 Å². The standard InChI is InChI=1S/C9H11ClN2OS/c10-8-2-1-3-9(12-8)11-7-4-5-14(13)6-7/h1-3,7H,4-6H2,(H,11,12). The van der Waals surface area contributed by atoms with E-state index in [2.05, 4.69) is 10.3 Å². The molecule has 0 aliphatic carbocycles. The molecule has 2 atom stereocenters. The quantitative estimate of drug-likeness (QED) is 0.786. The van der Waals surface area contributed by atoms with E-state index >= 15 is 0 Å². The molecular weight excluding hydrogens is 220 g/mol. The highest BCUT2D eigenvalue weighted by molar-refractivity contribution is 7.85. The van der Waals surface area contributed by atoms with E-state index < -0.39 is 10.8 Å². The molecule has 76 valence electrons. The minimum Gasteiger partial charge on any atom is -0.366 e. The average molecular weight is 231 g/mol. The number of aromatic nitrogens is 1. The molecule has 1 N–H and O–H groups in total. The number of pyridine rings is 1. The van der Waals surface area contributed by atoms with Gasteiger partial charge in [-0.3, -0.25) is 4.21 Å². The van der Waals surface area contributed by atoms with E-state index in [-0.39, 0.29) is 6.04 Å². The zero-order valence-electron chi connectivity index (χ0n) is 7.57. The molecule has 14 heavy (non-hydrogen) atoms. The van der Waals surface area contributed by atoms with Crippen molar-refractivity contribution >= 4 is 28.2 Å². The lowest BCUT2D eigenvalue weighted by atomic mass is 10.2. The Kier molecular flexibility index (Phi) is 3.03. The highest BCUT2D eigenvalue weighted by Gasteiger charge is 2.20. The molecule has 2 rings (SSSR count). The second-order valence-corrected chi connectivity index (χ2v) is 5.29. The van der Waals surface area contributed by atoms with Gasteiger partial charge in [0.05, 0.1) is 0 Å². The molecule has 1 fully saturated rings. The molecule has 1 aromatic rings. The Bertz CT molecular complexity index is 358. The zero-order valence-corrected chi connectivity index (χ0v) is 9.14. The fraction of sp³-hybridized carbons (Fsp3) is 0.444. The van der Waals surface area contributed by atoms with Gasteiger partial charge in [-0.2, -0.15) is 0 Å². The summed E-state index contributed by atoms with van der Waals surface area (Å²) in [7, 11) is -0.655. The lowest BCUT2D eigenvalue weighted by molar-refractivity contribution is 0.686. The van der Waals surface area contributed by atoms with Crippen LogP contribution in [0.4, 0.5) is 5.82 Å². The van der Waals surface area contributed by atoms with Crippen molar-refractivity contribution in [3.63, 3.8) is 0 Å². The number of anilines is 1. The molecule has 2 heterocycles. The number of halogens is 1. The largest absolute Gasteiger partial charge is 0.366 e. The Balaban J connectivity index is 2.00. The van der Waals surface area contributed by atoms with Gasteiger partial charge in [0, 0.05) is 28.3 Å². The summed E-state index contributed by atoms with van der Waals surface area (Å²) in [6.45, 7) is 0. The summed E-state index contributed by atoms with van der Waals surface area (Å²) in [6, 6.07) is 5.73. The first-order valence-electron chi connectivity index (χ1n) is 4.48. The maximum absolute atomic E-state index is 11.1. The van der Waals surface area contributed by atoms with Gasteiger partial charge in [0.15, 0.2) is 0 Å². The smallest absolute Gasteiger partial charge is 0.131 e. The van der Waals surface area contributed by atoms with Crippen LogP contribution in [0.1, 0.15) is 6.42 Å². The molecule has 1 aliphatic rings. The molecule has 5 heteroatoms. The predicted molar refractivity (Wildman–Crippen MR) is 59.2 cm³/mol. The minimum atomic E-state index is -0.655. The minimum absolute atomic E-state index is 0.279. The van der Waals surface area contributed by atoms with Gasteiger partial charge in [-0.05, 0) is 18.6 Å². The van der Waals surface area contributed by atoms with E-state index in [4.69, 9.17) is 11.6 Å². The lowest BCUT2D eigenvalue weighted by Gasteiger charge is -2.11. The maximum atomic E-state index is 11.1. The predicted octanol–water partition coefficient (Wildman–Crippen LogP) is 1.67. The van der Waals surface area contributed by atoms with Gasteiger partial charge < -0.3 is 5.32 Å². The van der Waals surface area contributed by atoms with Gasteiger partial charge in [-0.15, -0.1) is 0 Å². The normalized spacial score (nSPS) is 26.4. The molecule has 2 unspecified atom stereocenters. The highest BCUT2D eigenvalue weighted by atomic mass is 35.5. The fourth-order valence-corrected chi connectivity index (χ4v) is 3.05. The molecule has 0 saturated carbocycles. The molecule has 0 amide bonds. The SMILES string of the molecule is O=S1CCC(Nc2cccc(Cl)n2)C1. The molecule has 1 aliphatic heterocycles. The Morgan fingerprint density at radius 2 is 2.43 bits per heavy atom. The third kappa shape index (κ3) is 2.45. The molecular formula is C9H11ClN2OS. The van der Waals surface area contributed by atoms with Crippen molar-refractivity contribution in [2.75, 3.05) is 16.8 Å². The Morgan fingerprint density at radius 3 is 3.07 bits per heavy atom. The first-order valence-corrected chi connectivity index (χ1v) is 6.35. The van der Waals surface area contributed by atoms with Gasteiger partial charge in [-0.25, -0.2) is 4.98 Å². The molecule has 0 radical (unpaired) electrons. The monoisotopic (exact) mass is 230 g/mol. The van der Waals surface area contributed by atoms with Crippen LogP contribution in [0.15, 0.2) is 18.2 Å². The van der Waals surface area contributed by atoms with Gasteiger partial charge in [0.2, 0.25) is 0 Å². The second kappa shape index (κ2) is 4.28. The molecule has 0 aromatic carbocycles. The van der Waals surface area contributed by atoms with Crippen LogP contribution in [0.2, 0.25) is 5.15 Å². The van der Waals surface area contributed by atoms with Crippen LogP contribution < -0.4 is 5.32 Å². The second-order valence-electron chi connectivity index (χ2n) is 3.29. The van der Waals surface area contributed by atoms with Crippen molar-refractivity contribution in [1.82, 2.24) is 4.98 Å². The van der Waals surface area contributed by atoms with Crippen LogP contribution >= 0.6 is 11.6 Å². The van der Waals surface area contributed by atoms with Gasteiger partial charge in [0.1, 0.15) is 11.0 Å². The van der Waals surface area contributed by atoms with E-state index in [1.54, 1.807) is 6.07 Å². The van der Waals surface area contributed by atoms with Crippen LogP contribution in [-0.4, -0.2) is 26.7 Å². The third-order valence-electron chi connectivity index (χ3n) is 2.15. The van der Waals surface area contributed by atoms with Gasteiger partial charge in [-0.1, -0.05) is 17.7 Å². The molecule has 0 bridgehead atoms. The summed E-state index contributed by atoms with van der Waals surface area (Å²) < 4.78 is 11.1. The Hall–Kier alpha value is -0.610. The maximum Gasteiger partial charge on any atom is 0.131 e. The summed E-state index contributed by atoms with van der Waals surface area (Å²) >= 11 is 5.75. The average Bonchev–Trinajstić information content (AvgIpc) is 2.51. The van der Waals surface area contributed by atoms with Crippen molar-refractivity contribution in [3.8, 4) is 0 Å². The molecule has 3 nitrogen and oxygen atoms in total. The number of rotatable bonds is 2.